The van der Waals surface area contributed by atoms with Gasteiger partial charge in [0.1, 0.15) is 6.04 Å². The first kappa shape index (κ1) is 20.7. The van der Waals surface area contributed by atoms with Gasteiger partial charge < -0.3 is 5.32 Å². The minimum absolute atomic E-state index is 0.0235. The van der Waals surface area contributed by atoms with Crippen LogP contribution in [0.4, 0.5) is 4.39 Å². The largest absolute Gasteiger partial charge is 0.358 e. The van der Waals surface area contributed by atoms with Gasteiger partial charge in [-0.1, -0.05) is 30.3 Å². The molecule has 0 saturated carbocycles. The fourth-order valence-corrected chi connectivity index (χ4v) is 4.16. The third kappa shape index (κ3) is 5.21. The van der Waals surface area contributed by atoms with Crippen molar-refractivity contribution in [1.82, 2.24) is 14.6 Å². The molecule has 6 nitrogen and oxygen atoms in total. The van der Waals surface area contributed by atoms with Crippen LogP contribution in [0, 0.1) is 6.92 Å². The number of hydrogen-bond donors (Lipinski definition) is 1. The first-order valence-corrected chi connectivity index (χ1v) is 9.72. The Morgan fingerprint density at radius 3 is 2.48 bits per heavy atom. The van der Waals surface area contributed by atoms with Gasteiger partial charge in [0.25, 0.3) is 0 Å². The second-order valence-electron chi connectivity index (χ2n) is 6.08. The molecule has 0 fully saturated rings. The summed E-state index contributed by atoms with van der Waals surface area (Å²) in [5.41, 5.74) is 1.47. The van der Waals surface area contributed by atoms with Crippen molar-refractivity contribution in [3.8, 4) is 0 Å². The lowest BCUT2D eigenvalue weighted by molar-refractivity contribution is -0.124. The van der Waals surface area contributed by atoms with Gasteiger partial charge in [-0.2, -0.15) is 4.31 Å². The molecule has 144 valence electrons. The second-order valence-corrected chi connectivity index (χ2v) is 7.97. The van der Waals surface area contributed by atoms with Crippen LogP contribution in [0.25, 0.3) is 0 Å². The van der Waals surface area contributed by atoms with Crippen LogP contribution >= 0.6 is 0 Å². The van der Waals surface area contributed by atoms with Crippen molar-refractivity contribution < 1.29 is 17.6 Å². The highest BCUT2D eigenvalue weighted by atomic mass is 32.2. The van der Waals surface area contributed by atoms with Crippen molar-refractivity contribution in [1.29, 1.82) is 0 Å². The first-order chi connectivity index (χ1) is 12.8. The van der Waals surface area contributed by atoms with Crippen LogP contribution in [0.2, 0.25) is 0 Å². The predicted molar refractivity (Wildman–Crippen MR) is 101 cm³/mol. The number of aromatic nitrogens is 1. The van der Waals surface area contributed by atoms with Crippen molar-refractivity contribution in [3.05, 3.63) is 72.3 Å². The van der Waals surface area contributed by atoms with E-state index in [4.69, 9.17) is 0 Å². The zero-order valence-electron chi connectivity index (χ0n) is 15.2. The van der Waals surface area contributed by atoms with E-state index in [1.807, 2.05) is 6.92 Å². The average Bonchev–Trinajstić information content (AvgIpc) is 2.64. The molecule has 0 aliphatic carbocycles. The molecule has 8 heteroatoms. The van der Waals surface area contributed by atoms with E-state index in [0.29, 0.717) is 5.56 Å². The Bertz CT molecular complexity index is 900. The third-order valence-corrected chi connectivity index (χ3v) is 5.87. The number of nitrogens with zero attached hydrogens (tertiary/aromatic N) is 2. The van der Waals surface area contributed by atoms with Gasteiger partial charge in [0, 0.05) is 32.4 Å². The standard InChI is InChI=1S/C19H22FN3O3S/c1-14-6-8-17(9-7-14)27(25,26)23(13-16-5-4-10-22-12-16)18(11-15(2)20)19(24)21-3/h4-10,12,18H,2,11,13H2,1,3H3,(H,21,24)/t18-/m0/s1. The molecule has 2 aromatic rings. The Morgan fingerprint density at radius 1 is 1.30 bits per heavy atom. The zero-order valence-corrected chi connectivity index (χ0v) is 16.0. The molecule has 0 bridgehead atoms. The first-order valence-electron chi connectivity index (χ1n) is 8.28. The molecule has 1 aromatic heterocycles. The summed E-state index contributed by atoms with van der Waals surface area (Å²) in [6, 6.07) is 8.33. The van der Waals surface area contributed by atoms with Crippen molar-refractivity contribution in [3.63, 3.8) is 0 Å². The minimum Gasteiger partial charge on any atom is -0.358 e. The normalized spacial score (nSPS) is 12.6. The van der Waals surface area contributed by atoms with E-state index in [1.54, 1.807) is 30.5 Å². The van der Waals surface area contributed by atoms with E-state index in [9.17, 15) is 17.6 Å². The molecule has 0 radical (unpaired) electrons. The van der Waals surface area contributed by atoms with E-state index >= 15 is 0 Å². The van der Waals surface area contributed by atoms with Crippen LogP contribution in [-0.2, 0) is 21.4 Å². The lowest BCUT2D eigenvalue weighted by Crippen LogP contribution is -2.48. The minimum atomic E-state index is -4.08. The number of nitrogens with one attached hydrogen (secondary N) is 1. The third-order valence-electron chi connectivity index (χ3n) is 4.00. The number of aryl methyl sites for hydroxylation is 1. The monoisotopic (exact) mass is 391 g/mol. The number of hydrogen-bond acceptors (Lipinski definition) is 4. The maximum absolute atomic E-state index is 13.6. The molecule has 1 amide bonds. The highest BCUT2D eigenvalue weighted by Crippen LogP contribution is 2.24. The van der Waals surface area contributed by atoms with Crippen LogP contribution in [0.15, 0.2) is 66.1 Å². The van der Waals surface area contributed by atoms with E-state index in [0.717, 1.165) is 9.87 Å². The van der Waals surface area contributed by atoms with Crippen LogP contribution in [0.3, 0.4) is 0 Å². The van der Waals surface area contributed by atoms with Gasteiger partial charge in [-0.3, -0.25) is 9.78 Å². The molecule has 0 unspecified atom stereocenters. The number of halogens is 1. The summed E-state index contributed by atoms with van der Waals surface area (Å²) in [7, 11) is -2.71. The Labute approximate surface area is 158 Å². The van der Waals surface area contributed by atoms with Gasteiger partial charge >= 0.3 is 0 Å². The van der Waals surface area contributed by atoms with E-state index in [2.05, 4.69) is 16.9 Å². The SMILES string of the molecule is C=C(F)C[C@@H](C(=O)NC)N(Cc1cccnc1)S(=O)(=O)c1ccc(C)cc1. The van der Waals surface area contributed by atoms with Crippen LogP contribution in [0.1, 0.15) is 17.5 Å². The molecule has 1 atom stereocenters. The van der Waals surface area contributed by atoms with Gasteiger partial charge in [0.15, 0.2) is 0 Å². The number of benzene rings is 1. The highest BCUT2D eigenvalue weighted by Gasteiger charge is 2.36. The number of carbonyl (C=O) groups is 1. The summed E-state index contributed by atoms with van der Waals surface area (Å²) in [5, 5.41) is 2.40. The molecule has 1 heterocycles. The lowest BCUT2D eigenvalue weighted by atomic mass is 10.1. The zero-order chi connectivity index (χ0) is 20.0. The molecule has 0 spiro atoms. The summed E-state index contributed by atoms with van der Waals surface area (Å²) in [4.78, 5) is 16.4. The Balaban J connectivity index is 2.54. The molecule has 1 aromatic carbocycles. The van der Waals surface area contributed by atoms with Crippen molar-refractivity contribution in [2.24, 2.45) is 0 Å². The van der Waals surface area contributed by atoms with Crippen molar-refractivity contribution in [2.75, 3.05) is 7.05 Å². The average molecular weight is 391 g/mol. The summed E-state index contributed by atoms with van der Waals surface area (Å²) in [6.07, 6.45) is 2.62. The molecule has 27 heavy (non-hydrogen) atoms. The number of sulfonamides is 1. The smallest absolute Gasteiger partial charge is 0.244 e. The topological polar surface area (TPSA) is 79.4 Å². The summed E-state index contributed by atoms with van der Waals surface area (Å²) in [6.45, 7) is 4.89. The van der Waals surface area contributed by atoms with Crippen molar-refractivity contribution in [2.45, 2.75) is 30.8 Å². The van der Waals surface area contributed by atoms with Crippen LogP contribution < -0.4 is 5.32 Å². The van der Waals surface area contributed by atoms with Gasteiger partial charge in [-0.15, -0.1) is 0 Å². The molecule has 2 rings (SSSR count). The number of rotatable bonds is 8. The number of pyridine rings is 1. The van der Waals surface area contributed by atoms with Gasteiger partial charge in [-0.05, 0) is 30.7 Å². The van der Waals surface area contributed by atoms with Gasteiger partial charge in [0.05, 0.1) is 10.7 Å². The predicted octanol–water partition coefficient (Wildman–Crippen LogP) is 2.57. The van der Waals surface area contributed by atoms with Gasteiger partial charge in [0.2, 0.25) is 15.9 Å². The number of carbonyl (C=O) groups excluding carboxylic acids is 1. The molecule has 0 aliphatic rings. The fourth-order valence-electron chi connectivity index (χ4n) is 2.58. The quantitative estimate of drug-likeness (QED) is 0.750. The van der Waals surface area contributed by atoms with Gasteiger partial charge in [-0.25, -0.2) is 12.8 Å². The van der Waals surface area contributed by atoms with E-state index in [-0.39, 0.29) is 11.4 Å². The number of likely N-dealkylation sites (N-methyl/N-ethyl adjacent to an activating group) is 1. The Kier molecular flexibility index (Phi) is 6.81. The van der Waals surface area contributed by atoms with E-state index in [1.165, 1.54) is 25.4 Å². The summed E-state index contributed by atoms with van der Waals surface area (Å²) < 4.78 is 41.1. The highest BCUT2D eigenvalue weighted by molar-refractivity contribution is 7.89. The molecular formula is C19H22FN3O3S. The maximum atomic E-state index is 13.6. The molecule has 1 N–H and O–H groups in total. The summed E-state index contributed by atoms with van der Waals surface area (Å²) in [5.74, 6) is -1.40. The Morgan fingerprint density at radius 2 is 1.96 bits per heavy atom. The maximum Gasteiger partial charge on any atom is 0.244 e. The Hall–Kier alpha value is -2.58. The summed E-state index contributed by atoms with van der Waals surface area (Å²) >= 11 is 0. The molecular weight excluding hydrogens is 369 g/mol. The number of amides is 1. The second kappa shape index (κ2) is 8.88. The van der Waals surface area contributed by atoms with E-state index < -0.39 is 34.2 Å². The fraction of sp³-hybridized carbons (Fsp3) is 0.263. The van der Waals surface area contributed by atoms with Crippen LogP contribution in [-0.4, -0.2) is 36.7 Å². The lowest BCUT2D eigenvalue weighted by Gasteiger charge is -2.29. The molecule has 0 aliphatic heterocycles. The molecule has 0 saturated heterocycles. The van der Waals surface area contributed by atoms with Crippen LogP contribution in [0.5, 0.6) is 0 Å². The van der Waals surface area contributed by atoms with Crippen molar-refractivity contribution >= 4 is 15.9 Å².